The number of carbonyl (C=O) groups is 1. The molecule has 33 heavy (non-hydrogen) atoms. The molecule has 0 spiro atoms. The van der Waals surface area contributed by atoms with E-state index in [2.05, 4.69) is 20.3 Å². The molecule has 1 amide bonds. The lowest BCUT2D eigenvalue weighted by Crippen LogP contribution is -2.26. The van der Waals surface area contributed by atoms with Crippen molar-refractivity contribution in [1.29, 1.82) is 0 Å². The number of nitrogens with zero attached hydrogens (tertiary/aromatic N) is 3. The van der Waals surface area contributed by atoms with E-state index in [1.165, 1.54) is 12.5 Å². The number of anilines is 1. The van der Waals surface area contributed by atoms with Gasteiger partial charge < -0.3 is 16.0 Å². The number of pyridine rings is 1. The monoisotopic (exact) mass is 458 g/mol. The van der Waals surface area contributed by atoms with Crippen LogP contribution < -0.4 is 16.6 Å². The molecule has 5 rings (SSSR count). The van der Waals surface area contributed by atoms with Gasteiger partial charge >= 0.3 is 0 Å². The molecule has 2 aromatic carbocycles. The summed E-state index contributed by atoms with van der Waals surface area (Å²) in [4.78, 5) is 36.9. The van der Waals surface area contributed by atoms with Crippen LogP contribution in [0.25, 0.3) is 27.5 Å². The number of halogens is 1. The lowest BCUT2D eigenvalue weighted by Gasteiger charge is -2.22. The molecular weight excluding hydrogens is 440 g/mol. The van der Waals surface area contributed by atoms with Crippen molar-refractivity contribution in [3.05, 3.63) is 93.8 Å². The quantitative estimate of drug-likeness (QED) is 0.365. The van der Waals surface area contributed by atoms with Crippen LogP contribution in [0.3, 0.4) is 0 Å². The van der Waals surface area contributed by atoms with Crippen molar-refractivity contribution in [1.82, 2.24) is 19.5 Å². The second-order valence-corrected chi connectivity index (χ2v) is 8.04. The average Bonchev–Trinajstić information content (AvgIpc) is 3.25. The van der Waals surface area contributed by atoms with Crippen LogP contribution in [-0.4, -0.2) is 25.4 Å². The van der Waals surface area contributed by atoms with Gasteiger partial charge in [0.25, 0.3) is 11.5 Å². The molecule has 0 fully saturated rings. The Morgan fingerprint density at radius 1 is 1.12 bits per heavy atom. The number of aromatic amines is 1. The van der Waals surface area contributed by atoms with Crippen LogP contribution >= 0.6 is 11.6 Å². The summed E-state index contributed by atoms with van der Waals surface area (Å²) in [6, 6.07) is 16.3. The highest BCUT2D eigenvalue weighted by Gasteiger charge is 2.21. The van der Waals surface area contributed by atoms with Gasteiger partial charge in [0.05, 0.1) is 27.4 Å². The smallest absolute Gasteiger partial charge is 0.264 e. The number of nitrogens with two attached hydrogens (primary N) is 1. The van der Waals surface area contributed by atoms with Crippen molar-refractivity contribution in [3.63, 3.8) is 0 Å². The molecule has 0 saturated carbocycles. The predicted molar refractivity (Wildman–Crippen MR) is 129 cm³/mol. The molecule has 1 unspecified atom stereocenters. The van der Waals surface area contributed by atoms with Crippen molar-refractivity contribution < 1.29 is 4.79 Å². The minimum Gasteiger partial charge on any atom is -0.366 e. The second-order valence-electron chi connectivity index (χ2n) is 7.63. The van der Waals surface area contributed by atoms with E-state index in [1.807, 2.05) is 55.5 Å². The fourth-order valence-corrected chi connectivity index (χ4v) is 4.31. The third kappa shape index (κ3) is 3.50. The predicted octanol–water partition coefficient (Wildman–Crippen LogP) is 4.19. The summed E-state index contributed by atoms with van der Waals surface area (Å²) in [6.07, 6.45) is 2.90. The van der Waals surface area contributed by atoms with Crippen LogP contribution in [0.15, 0.2) is 71.9 Å². The van der Waals surface area contributed by atoms with Gasteiger partial charge in [-0.3, -0.25) is 14.2 Å². The van der Waals surface area contributed by atoms with Crippen molar-refractivity contribution in [2.45, 2.75) is 13.0 Å². The molecule has 0 radical (unpaired) electrons. The molecule has 0 aliphatic rings. The number of carbonyl (C=O) groups excluding carboxylic acids is 1. The summed E-state index contributed by atoms with van der Waals surface area (Å²) in [5, 5.41) is 5.40. The first-order chi connectivity index (χ1) is 16.0. The number of H-pyrrole nitrogens is 1. The number of aromatic nitrogens is 4. The maximum Gasteiger partial charge on any atom is 0.264 e. The Kier molecular flexibility index (Phi) is 5.07. The summed E-state index contributed by atoms with van der Waals surface area (Å²) >= 11 is 6.39. The molecular formula is C24H19ClN6O2. The minimum atomic E-state index is -0.590. The first kappa shape index (κ1) is 20.7. The fraction of sp³-hybridized carbons (Fsp3) is 0.0833. The Bertz CT molecular complexity index is 1580. The van der Waals surface area contributed by atoms with Crippen molar-refractivity contribution in [2.75, 3.05) is 5.32 Å². The van der Waals surface area contributed by atoms with E-state index in [0.29, 0.717) is 38.6 Å². The van der Waals surface area contributed by atoms with Gasteiger partial charge in [0.1, 0.15) is 17.8 Å². The highest BCUT2D eigenvalue weighted by atomic mass is 35.5. The first-order valence-corrected chi connectivity index (χ1v) is 10.6. The fourth-order valence-electron chi connectivity index (χ4n) is 4.05. The molecule has 0 bridgehead atoms. The Morgan fingerprint density at radius 3 is 2.67 bits per heavy atom. The van der Waals surface area contributed by atoms with Crippen molar-refractivity contribution >= 4 is 45.1 Å². The SMILES string of the molecule is CC(Nc1ncnc2[nH]cc(C(N)=O)c12)c1cc2cccc(Cl)c2c(=O)n1-c1ccccc1. The van der Waals surface area contributed by atoms with Crippen LogP contribution in [0.5, 0.6) is 0 Å². The molecule has 3 aromatic heterocycles. The molecule has 0 saturated heterocycles. The van der Waals surface area contributed by atoms with Crippen molar-refractivity contribution in [2.24, 2.45) is 5.73 Å². The van der Waals surface area contributed by atoms with Gasteiger partial charge in [0, 0.05) is 17.6 Å². The third-order valence-corrected chi connectivity index (χ3v) is 5.89. The largest absolute Gasteiger partial charge is 0.366 e. The number of amides is 1. The van der Waals surface area contributed by atoms with Gasteiger partial charge in [-0.15, -0.1) is 0 Å². The molecule has 3 heterocycles. The molecule has 1 atom stereocenters. The molecule has 9 heteroatoms. The van der Waals surface area contributed by atoms with E-state index in [1.54, 1.807) is 10.6 Å². The van der Waals surface area contributed by atoms with Crippen LogP contribution in [0.4, 0.5) is 5.82 Å². The van der Waals surface area contributed by atoms with E-state index in [0.717, 1.165) is 5.39 Å². The number of hydrogen-bond acceptors (Lipinski definition) is 5. The van der Waals surface area contributed by atoms with Gasteiger partial charge in [0.2, 0.25) is 0 Å². The van der Waals surface area contributed by atoms with E-state index in [4.69, 9.17) is 17.3 Å². The summed E-state index contributed by atoms with van der Waals surface area (Å²) < 4.78 is 1.64. The molecule has 8 nitrogen and oxygen atoms in total. The number of nitrogens with one attached hydrogen (secondary N) is 2. The molecule has 164 valence electrons. The summed E-state index contributed by atoms with van der Waals surface area (Å²) in [5.41, 5.74) is 7.48. The lowest BCUT2D eigenvalue weighted by atomic mass is 10.1. The highest BCUT2D eigenvalue weighted by molar-refractivity contribution is 6.35. The van der Waals surface area contributed by atoms with E-state index in [-0.39, 0.29) is 17.2 Å². The second kappa shape index (κ2) is 8.07. The average molecular weight is 459 g/mol. The Morgan fingerprint density at radius 2 is 1.91 bits per heavy atom. The molecule has 0 aliphatic heterocycles. The van der Waals surface area contributed by atoms with E-state index >= 15 is 0 Å². The van der Waals surface area contributed by atoms with Gasteiger partial charge in [-0.2, -0.15) is 0 Å². The number of rotatable bonds is 5. The summed E-state index contributed by atoms with van der Waals surface area (Å²) in [7, 11) is 0. The van der Waals surface area contributed by atoms with E-state index < -0.39 is 5.91 Å². The number of primary amides is 1. The lowest BCUT2D eigenvalue weighted by molar-refractivity contribution is 0.100. The highest BCUT2D eigenvalue weighted by Crippen LogP contribution is 2.29. The summed E-state index contributed by atoms with van der Waals surface area (Å²) in [6.45, 7) is 1.91. The maximum atomic E-state index is 13.6. The van der Waals surface area contributed by atoms with Gasteiger partial charge in [0.15, 0.2) is 0 Å². The minimum absolute atomic E-state index is 0.222. The topological polar surface area (TPSA) is 119 Å². The molecule has 4 N–H and O–H groups in total. The zero-order valence-corrected chi connectivity index (χ0v) is 18.3. The Hall–Kier alpha value is -4.17. The Labute approximate surface area is 193 Å². The molecule has 0 aliphatic carbocycles. The third-order valence-electron chi connectivity index (χ3n) is 5.57. The van der Waals surface area contributed by atoms with Crippen molar-refractivity contribution in [3.8, 4) is 5.69 Å². The zero-order chi connectivity index (χ0) is 23.1. The first-order valence-electron chi connectivity index (χ1n) is 10.2. The summed E-state index contributed by atoms with van der Waals surface area (Å²) in [5.74, 6) is -0.158. The maximum absolute atomic E-state index is 13.6. The number of fused-ring (bicyclic) bond motifs is 2. The van der Waals surface area contributed by atoms with Gasteiger partial charge in [-0.05, 0) is 36.6 Å². The van der Waals surface area contributed by atoms with Crippen LogP contribution in [0, 0.1) is 0 Å². The van der Waals surface area contributed by atoms with Crippen LogP contribution in [-0.2, 0) is 0 Å². The zero-order valence-electron chi connectivity index (χ0n) is 17.5. The number of para-hydroxylation sites is 1. The van der Waals surface area contributed by atoms with Crippen LogP contribution in [0.2, 0.25) is 5.02 Å². The standard InChI is InChI=1S/C24H19ClN6O2/c1-13(30-23-20-16(21(26)32)11-27-22(20)28-12-29-23)18-10-14-6-5-9-17(25)19(14)24(33)31(18)15-7-3-2-4-8-15/h2-13H,1H3,(H2,26,32)(H2,27,28,29,30). The Balaban J connectivity index is 1.71. The van der Waals surface area contributed by atoms with E-state index in [9.17, 15) is 9.59 Å². The number of benzene rings is 2. The van der Waals surface area contributed by atoms with Crippen LogP contribution in [0.1, 0.15) is 29.0 Å². The van der Waals surface area contributed by atoms with Gasteiger partial charge in [-0.25, -0.2) is 9.97 Å². The normalized spacial score (nSPS) is 12.2. The van der Waals surface area contributed by atoms with Gasteiger partial charge in [-0.1, -0.05) is 41.9 Å². The molecule has 5 aromatic rings. The number of hydrogen-bond donors (Lipinski definition) is 3.